The first-order valence-electron chi connectivity index (χ1n) is 7.46. The number of piperidine rings is 1. The van der Waals surface area contributed by atoms with Gasteiger partial charge in [-0.15, -0.1) is 0 Å². The van der Waals surface area contributed by atoms with Gasteiger partial charge in [0, 0.05) is 13.2 Å². The minimum Gasteiger partial charge on any atom is -0.396 e. The van der Waals surface area contributed by atoms with Crippen molar-refractivity contribution in [3.8, 4) is 0 Å². The Hall–Kier alpha value is -0.0800. The summed E-state index contributed by atoms with van der Waals surface area (Å²) in [5.74, 6) is 0.795. The Morgan fingerprint density at radius 1 is 1.18 bits per heavy atom. The van der Waals surface area contributed by atoms with E-state index in [4.69, 9.17) is 5.11 Å². The first kappa shape index (κ1) is 15.0. The fourth-order valence-corrected chi connectivity index (χ4v) is 2.53. The third kappa shape index (κ3) is 5.87. The monoisotopic (exact) mass is 241 g/mol. The molecule has 1 saturated carbocycles. The summed E-state index contributed by atoms with van der Waals surface area (Å²) in [7, 11) is 0. The van der Waals surface area contributed by atoms with Crippen molar-refractivity contribution in [3.63, 3.8) is 0 Å². The van der Waals surface area contributed by atoms with Crippen molar-refractivity contribution in [1.82, 2.24) is 4.90 Å². The number of likely N-dealkylation sites (tertiary alicyclic amines) is 1. The smallest absolute Gasteiger partial charge is 0.0433 e. The van der Waals surface area contributed by atoms with Gasteiger partial charge in [0.05, 0.1) is 0 Å². The van der Waals surface area contributed by atoms with Crippen molar-refractivity contribution < 1.29 is 5.11 Å². The van der Waals surface area contributed by atoms with E-state index in [1.54, 1.807) is 0 Å². The maximum atomic E-state index is 8.87. The Morgan fingerprint density at radius 2 is 1.71 bits per heavy atom. The zero-order valence-corrected chi connectivity index (χ0v) is 12.0. The fourth-order valence-electron chi connectivity index (χ4n) is 2.53. The highest BCUT2D eigenvalue weighted by Gasteiger charge is 2.39. The van der Waals surface area contributed by atoms with Crippen molar-refractivity contribution >= 4 is 0 Å². The lowest BCUT2D eigenvalue weighted by atomic mass is 9.93. The van der Waals surface area contributed by atoms with Gasteiger partial charge in [0.1, 0.15) is 0 Å². The van der Waals surface area contributed by atoms with Crippen molar-refractivity contribution in [2.45, 2.75) is 59.3 Å². The second-order valence-electron chi connectivity index (χ2n) is 6.25. The second kappa shape index (κ2) is 7.38. The molecule has 0 radical (unpaired) electrons. The summed E-state index contributed by atoms with van der Waals surface area (Å²) in [5.41, 5.74) is 0.670. The number of aliphatic hydroxyl groups excluding tert-OH is 1. The Labute approximate surface area is 107 Å². The molecule has 1 heterocycles. The van der Waals surface area contributed by atoms with Gasteiger partial charge >= 0.3 is 0 Å². The average Bonchev–Trinajstić information content (AvgIpc) is 3.01. The van der Waals surface area contributed by atoms with Crippen molar-refractivity contribution in [1.29, 1.82) is 0 Å². The summed E-state index contributed by atoms with van der Waals surface area (Å²) in [4.78, 5) is 2.63. The number of aliphatic hydroxyl groups is 1. The van der Waals surface area contributed by atoms with E-state index in [0.717, 1.165) is 12.3 Å². The van der Waals surface area contributed by atoms with Crippen LogP contribution >= 0.6 is 0 Å². The number of rotatable bonds is 4. The molecule has 1 aliphatic carbocycles. The van der Waals surface area contributed by atoms with Gasteiger partial charge < -0.3 is 10.0 Å². The summed E-state index contributed by atoms with van der Waals surface area (Å²) in [6.45, 7) is 10.9. The van der Waals surface area contributed by atoms with Gasteiger partial charge in [-0.3, -0.25) is 0 Å². The number of hydrogen-bond donors (Lipinski definition) is 1. The van der Waals surface area contributed by atoms with E-state index in [1.807, 2.05) is 0 Å². The van der Waals surface area contributed by atoms with Crippen molar-refractivity contribution in [2.75, 3.05) is 26.2 Å². The van der Waals surface area contributed by atoms with Gasteiger partial charge in [0.15, 0.2) is 0 Å². The molecular formula is C15H31NO. The quantitative estimate of drug-likeness (QED) is 0.816. The predicted octanol–water partition coefficient (Wildman–Crippen LogP) is 3.30. The van der Waals surface area contributed by atoms with Gasteiger partial charge in [-0.05, 0) is 56.5 Å². The first-order chi connectivity index (χ1) is 8.13. The summed E-state index contributed by atoms with van der Waals surface area (Å²) in [5, 5.41) is 8.87. The molecule has 0 amide bonds. The molecule has 2 nitrogen and oxygen atoms in total. The molecule has 1 N–H and O–H groups in total. The van der Waals surface area contributed by atoms with Gasteiger partial charge in [-0.2, -0.15) is 0 Å². The molecule has 102 valence electrons. The Kier molecular flexibility index (Phi) is 6.50. The molecule has 0 aromatic heterocycles. The lowest BCUT2D eigenvalue weighted by molar-refractivity contribution is 0.140. The molecule has 0 atom stereocenters. The van der Waals surface area contributed by atoms with E-state index >= 15 is 0 Å². The molecule has 0 spiro atoms. The molecule has 0 aromatic carbocycles. The molecular weight excluding hydrogens is 210 g/mol. The van der Waals surface area contributed by atoms with Crippen LogP contribution in [0.4, 0.5) is 0 Å². The summed E-state index contributed by atoms with van der Waals surface area (Å²) < 4.78 is 0. The van der Waals surface area contributed by atoms with Crippen LogP contribution in [0.15, 0.2) is 0 Å². The van der Waals surface area contributed by atoms with E-state index in [0.29, 0.717) is 12.0 Å². The van der Waals surface area contributed by atoms with Crippen LogP contribution < -0.4 is 0 Å². The molecule has 1 aliphatic heterocycles. The maximum absolute atomic E-state index is 8.87. The standard InChI is InChI=1S/C12H23NO.C3H8/c1-12(5-6-12)10-13-7-2-11(3-8-13)4-9-14;1-3-2/h11,14H,2-10H2,1H3;3H2,1-2H3. The van der Waals surface area contributed by atoms with E-state index < -0.39 is 0 Å². The topological polar surface area (TPSA) is 23.5 Å². The zero-order valence-electron chi connectivity index (χ0n) is 12.0. The highest BCUT2D eigenvalue weighted by molar-refractivity contribution is 4.92. The van der Waals surface area contributed by atoms with Crippen LogP contribution in [0.25, 0.3) is 0 Å². The largest absolute Gasteiger partial charge is 0.396 e. The van der Waals surface area contributed by atoms with E-state index in [9.17, 15) is 0 Å². The molecule has 2 heteroatoms. The molecule has 1 saturated heterocycles. The molecule has 0 bridgehead atoms. The van der Waals surface area contributed by atoms with E-state index in [2.05, 4.69) is 25.7 Å². The fraction of sp³-hybridized carbons (Fsp3) is 1.00. The minimum absolute atomic E-state index is 0.377. The Balaban J connectivity index is 0.000000437. The van der Waals surface area contributed by atoms with Crippen molar-refractivity contribution in [2.24, 2.45) is 11.3 Å². The highest BCUT2D eigenvalue weighted by Crippen LogP contribution is 2.45. The van der Waals surface area contributed by atoms with Gasteiger partial charge in [0.2, 0.25) is 0 Å². The SMILES string of the molecule is CC1(CN2CCC(CCO)CC2)CC1.CCC. The van der Waals surface area contributed by atoms with Gasteiger partial charge in [-0.1, -0.05) is 27.2 Å². The van der Waals surface area contributed by atoms with Gasteiger partial charge in [-0.25, -0.2) is 0 Å². The second-order valence-corrected chi connectivity index (χ2v) is 6.25. The molecule has 0 aromatic rings. The normalized spacial score (nSPS) is 24.0. The van der Waals surface area contributed by atoms with Crippen LogP contribution in [0.2, 0.25) is 0 Å². The van der Waals surface area contributed by atoms with Crippen LogP contribution in [0.3, 0.4) is 0 Å². The number of nitrogens with zero attached hydrogens (tertiary/aromatic N) is 1. The predicted molar refractivity (Wildman–Crippen MR) is 74.2 cm³/mol. The van der Waals surface area contributed by atoms with E-state index in [1.165, 1.54) is 51.7 Å². The molecule has 17 heavy (non-hydrogen) atoms. The van der Waals surface area contributed by atoms with Crippen LogP contribution in [-0.4, -0.2) is 36.2 Å². The van der Waals surface area contributed by atoms with E-state index in [-0.39, 0.29) is 0 Å². The van der Waals surface area contributed by atoms with Gasteiger partial charge in [0.25, 0.3) is 0 Å². The first-order valence-corrected chi connectivity index (χ1v) is 7.46. The van der Waals surface area contributed by atoms with Crippen molar-refractivity contribution in [3.05, 3.63) is 0 Å². The Bertz CT molecular complexity index is 193. The summed E-state index contributed by atoms with van der Waals surface area (Å²) >= 11 is 0. The summed E-state index contributed by atoms with van der Waals surface area (Å²) in [6, 6.07) is 0. The van der Waals surface area contributed by atoms with Crippen LogP contribution in [-0.2, 0) is 0 Å². The molecule has 2 aliphatic rings. The minimum atomic E-state index is 0.377. The lowest BCUT2D eigenvalue weighted by Gasteiger charge is -2.33. The maximum Gasteiger partial charge on any atom is 0.0433 e. The zero-order chi connectivity index (χ0) is 12.7. The third-order valence-corrected chi connectivity index (χ3v) is 3.95. The third-order valence-electron chi connectivity index (χ3n) is 3.95. The van der Waals surface area contributed by atoms with Crippen LogP contribution in [0.1, 0.15) is 59.3 Å². The summed E-state index contributed by atoms with van der Waals surface area (Å²) in [6.07, 6.45) is 7.74. The van der Waals surface area contributed by atoms with Crippen LogP contribution in [0.5, 0.6) is 0 Å². The molecule has 2 fully saturated rings. The highest BCUT2D eigenvalue weighted by atomic mass is 16.3. The molecule has 0 unspecified atom stereocenters. The van der Waals surface area contributed by atoms with Crippen LogP contribution in [0, 0.1) is 11.3 Å². The number of hydrogen-bond acceptors (Lipinski definition) is 2. The molecule has 2 rings (SSSR count). The Morgan fingerprint density at radius 3 is 2.12 bits per heavy atom. The average molecular weight is 241 g/mol. The lowest BCUT2D eigenvalue weighted by Crippen LogP contribution is -2.37.